The summed E-state index contributed by atoms with van der Waals surface area (Å²) >= 11 is 0. The number of methoxy groups -OCH3 is 1. The molecule has 0 bridgehead atoms. The topological polar surface area (TPSA) is 65.6 Å². The molecule has 3 aliphatic rings. The number of ether oxygens (including phenoxy) is 1. The van der Waals surface area contributed by atoms with Crippen LogP contribution in [-0.2, 0) is 16.0 Å². The fourth-order valence-corrected chi connectivity index (χ4v) is 6.03. The van der Waals surface area contributed by atoms with Crippen LogP contribution < -0.4 is 4.74 Å². The number of aromatic nitrogens is 1. The molecule has 1 saturated carbocycles. The third kappa shape index (κ3) is 2.78. The Hall–Kier alpha value is -3.28. The van der Waals surface area contributed by atoms with Crippen LogP contribution in [0.25, 0.3) is 10.9 Å². The zero-order valence-electron chi connectivity index (χ0n) is 18.2. The number of nitrogens with zero attached hydrogens (tertiary/aromatic N) is 2. The first kappa shape index (κ1) is 19.4. The highest BCUT2D eigenvalue weighted by atomic mass is 16.5. The summed E-state index contributed by atoms with van der Waals surface area (Å²) in [6.07, 6.45) is 4.81. The molecule has 1 saturated heterocycles. The Morgan fingerprint density at radius 1 is 1.00 bits per heavy atom. The Bertz CT molecular complexity index is 1210. The number of H-pyrrole nitrogens is 1. The van der Waals surface area contributed by atoms with Crippen molar-refractivity contribution in [3.05, 3.63) is 65.4 Å². The summed E-state index contributed by atoms with van der Waals surface area (Å²) in [6.45, 7) is 0.168. The van der Waals surface area contributed by atoms with Gasteiger partial charge in [0, 0.05) is 34.6 Å². The van der Waals surface area contributed by atoms with E-state index in [4.69, 9.17) is 4.74 Å². The van der Waals surface area contributed by atoms with Crippen LogP contribution in [0.1, 0.15) is 48.5 Å². The molecular weight excluding hydrogens is 402 g/mol. The minimum Gasteiger partial charge on any atom is -0.496 e. The normalized spacial score (nSPS) is 23.5. The highest BCUT2D eigenvalue weighted by Gasteiger charge is 2.50. The Morgan fingerprint density at radius 3 is 2.56 bits per heavy atom. The van der Waals surface area contributed by atoms with Crippen LogP contribution in [0.3, 0.4) is 0 Å². The second-order valence-electron chi connectivity index (χ2n) is 9.13. The van der Waals surface area contributed by atoms with Crippen molar-refractivity contribution in [1.82, 2.24) is 14.8 Å². The molecule has 32 heavy (non-hydrogen) atoms. The minimum atomic E-state index is -0.488. The van der Waals surface area contributed by atoms with Crippen LogP contribution in [0, 0.1) is 0 Å². The van der Waals surface area contributed by atoms with E-state index < -0.39 is 6.04 Å². The average Bonchev–Trinajstić information content (AvgIpc) is 3.48. The van der Waals surface area contributed by atoms with Gasteiger partial charge in [0.15, 0.2) is 0 Å². The van der Waals surface area contributed by atoms with Gasteiger partial charge in [0.2, 0.25) is 11.8 Å². The highest BCUT2D eigenvalue weighted by Crippen LogP contribution is 2.45. The van der Waals surface area contributed by atoms with E-state index in [1.165, 1.54) is 0 Å². The SMILES string of the molecule is COc1ccccc1[C@@H]1c2[nH]c3ccccc3c2C[C@H]2C(=O)N(C3CCCC3)CC(=O)N12. The molecule has 2 aliphatic heterocycles. The summed E-state index contributed by atoms with van der Waals surface area (Å²) in [5.74, 6) is 0.829. The quantitative estimate of drug-likeness (QED) is 0.689. The zero-order valence-corrected chi connectivity index (χ0v) is 18.2. The summed E-state index contributed by atoms with van der Waals surface area (Å²) in [7, 11) is 1.65. The van der Waals surface area contributed by atoms with Gasteiger partial charge >= 0.3 is 0 Å². The van der Waals surface area contributed by atoms with E-state index >= 15 is 0 Å². The van der Waals surface area contributed by atoms with Crippen LogP contribution in [0.2, 0.25) is 0 Å². The summed E-state index contributed by atoms with van der Waals surface area (Å²) in [5, 5.41) is 1.13. The molecule has 3 heterocycles. The molecule has 6 nitrogen and oxygen atoms in total. The first-order valence-corrected chi connectivity index (χ1v) is 11.5. The van der Waals surface area contributed by atoms with Crippen molar-refractivity contribution in [2.75, 3.05) is 13.7 Å². The smallest absolute Gasteiger partial charge is 0.246 e. The van der Waals surface area contributed by atoms with Crippen molar-refractivity contribution in [3.8, 4) is 5.75 Å². The van der Waals surface area contributed by atoms with Crippen molar-refractivity contribution in [3.63, 3.8) is 0 Å². The Labute approximate surface area is 187 Å². The van der Waals surface area contributed by atoms with Gasteiger partial charge in [0.05, 0.1) is 7.11 Å². The van der Waals surface area contributed by atoms with Crippen molar-refractivity contribution >= 4 is 22.7 Å². The predicted octanol–water partition coefficient (Wildman–Crippen LogP) is 3.80. The number of nitrogens with one attached hydrogen (secondary N) is 1. The fourth-order valence-electron chi connectivity index (χ4n) is 6.03. The highest BCUT2D eigenvalue weighted by molar-refractivity contribution is 5.98. The first-order valence-electron chi connectivity index (χ1n) is 11.5. The van der Waals surface area contributed by atoms with Crippen molar-refractivity contribution < 1.29 is 14.3 Å². The van der Waals surface area contributed by atoms with E-state index in [-0.39, 0.29) is 30.4 Å². The molecule has 0 unspecified atom stereocenters. The number of amides is 2. The van der Waals surface area contributed by atoms with E-state index in [0.29, 0.717) is 6.42 Å². The van der Waals surface area contributed by atoms with E-state index in [1.54, 1.807) is 7.11 Å². The molecule has 2 fully saturated rings. The van der Waals surface area contributed by atoms with Crippen LogP contribution in [0.5, 0.6) is 5.75 Å². The number of fused-ring (bicyclic) bond motifs is 4. The summed E-state index contributed by atoms with van der Waals surface area (Å²) in [5.41, 5.74) is 4.06. The van der Waals surface area contributed by atoms with Gasteiger partial charge in [-0.15, -0.1) is 0 Å². The number of benzene rings is 2. The number of hydrogen-bond acceptors (Lipinski definition) is 3. The molecule has 164 valence electrons. The maximum absolute atomic E-state index is 13.8. The summed E-state index contributed by atoms with van der Waals surface area (Å²) in [6, 6.07) is 15.3. The number of para-hydroxylation sites is 2. The van der Waals surface area contributed by atoms with Crippen LogP contribution >= 0.6 is 0 Å². The molecule has 2 amide bonds. The second-order valence-corrected chi connectivity index (χ2v) is 9.13. The number of carbonyl (C=O) groups excluding carboxylic acids is 2. The molecule has 6 rings (SSSR count). The van der Waals surface area contributed by atoms with E-state index in [1.807, 2.05) is 46.2 Å². The predicted molar refractivity (Wildman–Crippen MR) is 121 cm³/mol. The van der Waals surface area contributed by atoms with E-state index in [0.717, 1.165) is 59.2 Å². The van der Waals surface area contributed by atoms with Crippen LogP contribution in [-0.4, -0.2) is 52.3 Å². The van der Waals surface area contributed by atoms with E-state index in [2.05, 4.69) is 17.1 Å². The molecule has 2 aromatic carbocycles. The Kier molecular flexibility index (Phi) is 4.49. The zero-order chi connectivity index (χ0) is 21.8. The molecule has 1 aromatic heterocycles. The lowest BCUT2D eigenvalue weighted by molar-refractivity contribution is -0.160. The standard InChI is InChI=1S/C26H27N3O3/c1-32-22-13-7-5-11-18(22)25-24-19(17-10-4-6-12-20(17)27-24)14-21-26(31)28(15-23(30)29(21)25)16-8-2-3-9-16/h4-7,10-13,16,21,25,27H,2-3,8-9,14-15H2,1H3/t21-,25+/m0/s1. The maximum atomic E-state index is 13.8. The molecule has 3 aromatic rings. The number of carbonyl (C=O) groups is 2. The number of aromatic amines is 1. The van der Waals surface area contributed by atoms with Gasteiger partial charge in [0.25, 0.3) is 0 Å². The number of rotatable bonds is 3. The second kappa shape index (κ2) is 7.40. The molecule has 2 atom stereocenters. The lowest BCUT2D eigenvalue weighted by Gasteiger charge is -2.48. The minimum absolute atomic E-state index is 0.0155. The average molecular weight is 430 g/mol. The van der Waals surface area contributed by atoms with Gasteiger partial charge in [-0.05, 0) is 30.5 Å². The van der Waals surface area contributed by atoms with Crippen molar-refractivity contribution in [1.29, 1.82) is 0 Å². The molecule has 0 radical (unpaired) electrons. The van der Waals surface area contributed by atoms with Crippen molar-refractivity contribution in [2.24, 2.45) is 0 Å². The third-order valence-corrected chi connectivity index (χ3v) is 7.49. The lowest BCUT2D eigenvalue weighted by Crippen LogP contribution is -2.64. The Balaban J connectivity index is 1.53. The largest absolute Gasteiger partial charge is 0.496 e. The number of hydrogen-bond donors (Lipinski definition) is 1. The van der Waals surface area contributed by atoms with Crippen molar-refractivity contribution in [2.45, 2.75) is 50.2 Å². The molecule has 1 aliphatic carbocycles. The maximum Gasteiger partial charge on any atom is 0.246 e. The van der Waals surface area contributed by atoms with Gasteiger partial charge in [-0.2, -0.15) is 0 Å². The van der Waals surface area contributed by atoms with Crippen LogP contribution in [0.4, 0.5) is 0 Å². The lowest BCUT2D eigenvalue weighted by atomic mass is 9.85. The van der Waals surface area contributed by atoms with Gasteiger partial charge in [-0.3, -0.25) is 9.59 Å². The van der Waals surface area contributed by atoms with Gasteiger partial charge in [0.1, 0.15) is 24.4 Å². The first-order chi connectivity index (χ1) is 15.7. The monoisotopic (exact) mass is 429 g/mol. The Morgan fingerprint density at radius 2 is 1.75 bits per heavy atom. The molecule has 1 N–H and O–H groups in total. The van der Waals surface area contributed by atoms with Gasteiger partial charge < -0.3 is 19.5 Å². The van der Waals surface area contributed by atoms with Gasteiger partial charge in [-0.25, -0.2) is 0 Å². The third-order valence-electron chi connectivity index (χ3n) is 7.49. The summed E-state index contributed by atoms with van der Waals surface area (Å²) in [4.78, 5) is 34.7. The molecule has 6 heteroatoms. The van der Waals surface area contributed by atoms with E-state index in [9.17, 15) is 9.59 Å². The van der Waals surface area contributed by atoms with Gasteiger partial charge in [-0.1, -0.05) is 49.2 Å². The molecule has 0 spiro atoms. The number of piperazine rings is 1. The molecular formula is C26H27N3O3. The fraction of sp³-hybridized carbons (Fsp3) is 0.385. The van der Waals surface area contributed by atoms with Crippen LogP contribution in [0.15, 0.2) is 48.5 Å². The summed E-state index contributed by atoms with van der Waals surface area (Å²) < 4.78 is 5.68.